The third kappa shape index (κ3) is 55.7. The minimum Gasteiger partial charge on any atom is -0.456 e. The Kier molecular flexibility index (Phi) is 52.5. The highest BCUT2D eigenvalue weighted by molar-refractivity contribution is 7.47. The number of allylic oxidation sites excluding steroid dienone is 13. The van der Waals surface area contributed by atoms with Gasteiger partial charge in [0.2, 0.25) is 5.91 Å². The molecule has 0 radical (unpaired) electrons. The number of quaternary nitrogens is 1. The molecule has 0 aromatic carbocycles. The second-order valence-corrected chi connectivity index (χ2v) is 23.4. The van der Waals surface area contributed by atoms with E-state index in [1.165, 1.54) is 141 Å². The summed E-state index contributed by atoms with van der Waals surface area (Å²) >= 11 is 0. The molecule has 75 heavy (non-hydrogen) atoms. The predicted octanol–water partition coefficient (Wildman–Crippen LogP) is 19.0. The fourth-order valence-electron chi connectivity index (χ4n) is 8.59. The van der Waals surface area contributed by atoms with Crippen LogP contribution in [0.3, 0.4) is 0 Å². The highest BCUT2D eigenvalue weighted by atomic mass is 31.2. The van der Waals surface area contributed by atoms with Crippen molar-refractivity contribution in [2.45, 2.75) is 277 Å². The minimum atomic E-state index is -4.45. The number of phosphoric acid groups is 1. The molecule has 0 saturated carbocycles. The molecule has 0 spiro atoms. The van der Waals surface area contributed by atoms with Gasteiger partial charge in [-0.2, -0.15) is 0 Å². The number of nitrogens with one attached hydrogen (secondary N) is 1. The average molecular weight is 1070 g/mol. The van der Waals surface area contributed by atoms with Gasteiger partial charge in [-0.25, -0.2) is 4.57 Å². The van der Waals surface area contributed by atoms with Crippen molar-refractivity contribution >= 4 is 19.7 Å². The fraction of sp³-hybridized carbons (Fsp3) is 0.754. The first-order valence-corrected chi connectivity index (χ1v) is 32.4. The summed E-state index contributed by atoms with van der Waals surface area (Å²) in [5, 5.41) is 3.05. The number of esters is 1. The number of unbranched alkanes of at least 4 members (excludes halogenated alkanes) is 29. The Morgan fingerprint density at radius 3 is 1.41 bits per heavy atom. The van der Waals surface area contributed by atoms with Crippen molar-refractivity contribution in [3.8, 4) is 0 Å². The number of carbonyl (C=O) groups excluding carboxylic acids is 2. The van der Waals surface area contributed by atoms with E-state index in [0.29, 0.717) is 17.4 Å². The maximum absolute atomic E-state index is 13.5. The van der Waals surface area contributed by atoms with E-state index < -0.39 is 20.0 Å². The molecular weight excluding hydrogens is 952 g/mol. The molecule has 0 aromatic heterocycles. The lowest BCUT2D eigenvalue weighted by molar-refractivity contribution is -0.870. The zero-order valence-corrected chi connectivity index (χ0v) is 50.4. The number of nitrogens with zero attached hydrogens (tertiary/aromatic N) is 1. The molecule has 3 unspecified atom stereocenters. The Balaban J connectivity index is 5.18. The fourth-order valence-corrected chi connectivity index (χ4v) is 9.33. The maximum Gasteiger partial charge on any atom is 0.472 e. The number of likely N-dealkylation sites (N-methyl/N-ethyl adjacent to an activating group) is 1. The molecule has 434 valence electrons. The third-order valence-electron chi connectivity index (χ3n) is 13.4. The van der Waals surface area contributed by atoms with Crippen molar-refractivity contribution in [2.24, 2.45) is 0 Å². The van der Waals surface area contributed by atoms with Crippen molar-refractivity contribution in [1.82, 2.24) is 5.32 Å². The average Bonchev–Trinajstić information content (AvgIpc) is 3.37. The zero-order valence-electron chi connectivity index (χ0n) is 49.5. The van der Waals surface area contributed by atoms with Gasteiger partial charge in [-0.1, -0.05) is 247 Å². The summed E-state index contributed by atoms with van der Waals surface area (Å²) in [7, 11) is 1.48. The van der Waals surface area contributed by atoms with Crippen LogP contribution >= 0.6 is 7.82 Å². The maximum atomic E-state index is 13.5. The monoisotopic (exact) mass is 1070 g/mol. The quantitative estimate of drug-likeness (QED) is 0.0156. The van der Waals surface area contributed by atoms with Gasteiger partial charge in [0.1, 0.15) is 19.3 Å². The van der Waals surface area contributed by atoms with Crippen molar-refractivity contribution in [3.05, 3.63) is 85.1 Å². The molecule has 1 amide bonds. The van der Waals surface area contributed by atoms with Crippen molar-refractivity contribution in [1.29, 1.82) is 0 Å². The normalized spacial score (nSPS) is 14.3. The number of hydrogen-bond donors (Lipinski definition) is 2. The number of hydrogen-bond acceptors (Lipinski definition) is 6. The van der Waals surface area contributed by atoms with Crippen LogP contribution in [0.5, 0.6) is 0 Å². The molecular formula is C65H118N2O7P+. The lowest BCUT2D eigenvalue weighted by Crippen LogP contribution is -2.47. The summed E-state index contributed by atoms with van der Waals surface area (Å²) < 4.78 is 30.7. The minimum absolute atomic E-state index is 0.0340. The van der Waals surface area contributed by atoms with Gasteiger partial charge >= 0.3 is 13.8 Å². The predicted molar refractivity (Wildman–Crippen MR) is 323 cm³/mol. The Morgan fingerprint density at radius 1 is 0.493 bits per heavy atom. The number of ether oxygens (including phenoxy) is 1. The van der Waals surface area contributed by atoms with Crippen LogP contribution in [0, 0.1) is 0 Å². The molecule has 0 bridgehead atoms. The molecule has 3 atom stereocenters. The van der Waals surface area contributed by atoms with Crippen LogP contribution in [0.15, 0.2) is 85.1 Å². The first-order valence-electron chi connectivity index (χ1n) is 30.9. The highest BCUT2D eigenvalue weighted by Crippen LogP contribution is 2.43. The molecule has 0 aliphatic rings. The highest BCUT2D eigenvalue weighted by Gasteiger charge is 2.30. The Bertz CT molecular complexity index is 1560. The van der Waals surface area contributed by atoms with Gasteiger partial charge < -0.3 is 19.4 Å². The molecule has 0 fully saturated rings. The number of rotatable bonds is 55. The number of phosphoric ester groups is 1. The van der Waals surface area contributed by atoms with E-state index in [0.717, 1.165) is 89.9 Å². The number of amides is 1. The van der Waals surface area contributed by atoms with Gasteiger partial charge in [0.15, 0.2) is 0 Å². The molecule has 0 rings (SSSR count). The van der Waals surface area contributed by atoms with Crippen LogP contribution < -0.4 is 5.32 Å². The van der Waals surface area contributed by atoms with Gasteiger partial charge in [0.05, 0.1) is 33.8 Å². The van der Waals surface area contributed by atoms with E-state index in [1.807, 2.05) is 33.3 Å². The summed E-state index contributed by atoms with van der Waals surface area (Å²) in [5.74, 6) is -0.525. The summed E-state index contributed by atoms with van der Waals surface area (Å²) in [6.07, 6.45) is 71.5. The van der Waals surface area contributed by atoms with Gasteiger partial charge in [0, 0.05) is 12.8 Å². The lowest BCUT2D eigenvalue weighted by Gasteiger charge is -2.27. The first kappa shape index (κ1) is 72.2. The summed E-state index contributed by atoms with van der Waals surface area (Å²) in [6, 6.07) is -0.859. The van der Waals surface area contributed by atoms with Crippen molar-refractivity contribution < 1.29 is 37.3 Å². The van der Waals surface area contributed by atoms with Gasteiger partial charge in [-0.15, -0.1) is 0 Å². The van der Waals surface area contributed by atoms with Crippen LogP contribution in [-0.4, -0.2) is 74.3 Å². The molecule has 0 heterocycles. The molecule has 0 saturated heterocycles. The largest absolute Gasteiger partial charge is 0.472 e. The van der Waals surface area contributed by atoms with Crippen LogP contribution in [0.25, 0.3) is 0 Å². The smallest absolute Gasteiger partial charge is 0.456 e. The molecule has 0 aliphatic carbocycles. The summed E-state index contributed by atoms with van der Waals surface area (Å²) in [5.41, 5.74) is 0. The van der Waals surface area contributed by atoms with Crippen LogP contribution in [-0.2, 0) is 27.9 Å². The van der Waals surface area contributed by atoms with Crippen molar-refractivity contribution in [3.63, 3.8) is 0 Å². The standard InChI is InChI=1S/C65H117N2O7P/c1-7-10-13-16-19-22-25-27-29-30-31-32-33-34-35-36-38-39-42-45-48-51-54-57-64(68)66-62(61-73-75(70,71)72-60-59-67(4,5)6)63(56-53-50-47-44-41-24-21-18-15-12-9-3)74-65(69)58-55-52-49-46-43-40-37-28-26-23-20-17-14-11-8-2/h11,14,17,19-20,22-23,26-27,29,31-32,53,56,62-63H,7-10,12-13,15-16,18,21,24-25,28,30,33-52,54-55,57-61H2,1-6H3,(H-,66,68,70,71)/p+1/b14-11+,20-17+,22-19-,26-23+,29-27-,32-31-,56-53-. The molecule has 2 N–H and O–H groups in total. The van der Waals surface area contributed by atoms with Gasteiger partial charge in [-0.3, -0.25) is 18.6 Å². The first-order chi connectivity index (χ1) is 36.4. The van der Waals surface area contributed by atoms with E-state index in [9.17, 15) is 19.0 Å². The Hall–Kier alpha value is -2.81. The SMILES string of the molecule is CC/C=C/C=C/C=C/CCCCCCCCCC(=O)OC(/C=C\CCCCCCCCCCC)C(COP(=O)(O)OCC[N+](C)(C)C)NC(=O)CCCCCCCCCCCC/C=C\C/C=C\C/C=C\CCCCC. The topological polar surface area (TPSA) is 111 Å². The summed E-state index contributed by atoms with van der Waals surface area (Å²) in [6.45, 7) is 6.84. The van der Waals surface area contributed by atoms with E-state index in [-0.39, 0.29) is 31.5 Å². The zero-order chi connectivity index (χ0) is 55.0. The van der Waals surface area contributed by atoms with Crippen LogP contribution in [0.4, 0.5) is 0 Å². The Labute approximate surface area is 463 Å². The second-order valence-electron chi connectivity index (χ2n) is 21.9. The lowest BCUT2D eigenvalue weighted by atomic mass is 10.0. The summed E-state index contributed by atoms with van der Waals surface area (Å²) in [4.78, 5) is 37.7. The van der Waals surface area contributed by atoms with E-state index in [1.54, 1.807) is 0 Å². The van der Waals surface area contributed by atoms with Crippen LogP contribution in [0.1, 0.15) is 265 Å². The second kappa shape index (κ2) is 54.5. The van der Waals surface area contributed by atoms with Crippen molar-refractivity contribution in [2.75, 3.05) is 40.9 Å². The Morgan fingerprint density at radius 2 is 0.907 bits per heavy atom. The van der Waals surface area contributed by atoms with Gasteiger partial charge in [-0.05, 0) is 89.5 Å². The van der Waals surface area contributed by atoms with Gasteiger partial charge in [0.25, 0.3) is 0 Å². The van der Waals surface area contributed by atoms with E-state index in [4.69, 9.17) is 13.8 Å². The van der Waals surface area contributed by atoms with E-state index >= 15 is 0 Å². The molecule has 0 aromatic rings. The molecule has 9 nitrogen and oxygen atoms in total. The molecule has 10 heteroatoms. The third-order valence-corrected chi connectivity index (χ3v) is 14.4. The number of carbonyl (C=O) groups is 2. The van der Waals surface area contributed by atoms with Crippen LogP contribution in [0.2, 0.25) is 0 Å². The van der Waals surface area contributed by atoms with E-state index in [2.05, 4.69) is 99.0 Å². The molecule has 0 aliphatic heterocycles.